The Morgan fingerprint density at radius 3 is 2.29 bits per heavy atom. The third-order valence-electron chi connectivity index (χ3n) is 3.43. The van der Waals surface area contributed by atoms with Crippen molar-refractivity contribution in [2.24, 2.45) is 0 Å². The average molecular weight is 344 g/mol. The SMILES string of the molecule is COc1ccc(-n2nnc(C(=O)Oc3ccc(Cl)cc3)c2C)cc1. The van der Waals surface area contributed by atoms with Crippen LogP contribution in [0.4, 0.5) is 0 Å². The predicted molar refractivity (Wildman–Crippen MR) is 89.1 cm³/mol. The van der Waals surface area contributed by atoms with Crippen LogP contribution in [0.1, 0.15) is 16.2 Å². The fourth-order valence-electron chi connectivity index (χ4n) is 2.14. The minimum atomic E-state index is -0.574. The molecule has 7 heteroatoms. The summed E-state index contributed by atoms with van der Waals surface area (Å²) in [7, 11) is 1.60. The van der Waals surface area contributed by atoms with Crippen LogP contribution in [0.5, 0.6) is 11.5 Å². The first-order chi connectivity index (χ1) is 11.6. The van der Waals surface area contributed by atoms with Crippen LogP contribution in [0.2, 0.25) is 5.02 Å². The summed E-state index contributed by atoms with van der Waals surface area (Å²) in [5, 5.41) is 8.52. The van der Waals surface area contributed by atoms with Gasteiger partial charge in [0.15, 0.2) is 5.69 Å². The molecule has 0 saturated carbocycles. The second-order valence-corrected chi connectivity index (χ2v) is 5.41. The van der Waals surface area contributed by atoms with Crippen LogP contribution in [-0.2, 0) is 0 Å². The molecular formula is C17H14ClN3O3. The van der Waals surface area contributed by atoms with Gasteiger partial charge in [-0.3, -0.25) is 0 Å². The number of hydrogen-bond acceptors (Lipinski definition) is 5. The number of nitrogens with zero attached hydrogens (tertiary/aromatic N) is 3. The molecule has 0 saturated heterocycles. The largest absolute Gasteiger partial charge is 0.497 e. The summed E-state index contributed by atoms with van der Waals surface area (Å²) in [6.45, 7) is 1.75. The molecule has 24 heavy (non-hydrogen) atoms. The zero-order valence-electron chi connectivity index (χ0n) is 13.1. The molecule has 0 aliphatic carbocycles. The molecule has 3 rings (SSSR count). The highest BCUT2D eigenvalue weighted by Crippen LogP contribution is 2.19. The third kappa shape index (κ3) is 3.23. The second kappa shape index (κ2) is 6.72. The number of hydrogen-bond donors (Lipinski definition) is 0. The zero-order chi connectivity index (χ0) is 17.1. The van der Waals surface area contributed by atoms with E-state index in [0.717, 1.165) is 11.4 Å². The van der Waals surface area contributed by atoms with Gasteiger partial charge in [-0.05, 0) is 55.5 Å². The molecule has 0 radical (unpaired) electrons. The monoisotopic (exact) mass is 343 g/mol. The van der Waals surface area contributed by atoms with E-state index < -0.39 is 5.97 Å². The Kier molecular flexibility index (Phi) is 4.48. The Bertz CT molecular complexity index is 858. The van der Waals surface area contributed by atoms with Crippen molar-refractivity contribution in [1.29, 1.82) is 0 Å². The minimum Gasteiger partial charge on any atom is -0.497 e. The summed E-state index contributed by atoms with van der Waals surface area (Å²) in [6, 6.07) is 13.8. The summed E-state index contributed by atoms with van der Waals surface area (Å²) in [5.74, 6) is 0.552. The smallest absolute Gasteiger partial charge is 0.366 e. The molecule has 1 heterocycles. The maximum Gasteiger partial charge on any atom is 0.366 e. The Balaban J connectivity index is 1.83. The van der Waals surface area contributed by atoms with Crippen molar-refractivity contribution in [3.63, 3.8) is 0 Å². The first kappa shape index (κ1) is 16.0. The Hall–Kier alpha value is -2.86. The molecular weight excluding hydrogens is 330 g/mol. The highest BCUT2D eigenvalue weighted by Gasteiger charge is 2.19. The van der Waals surface area contributed by atoms with E-state index in [9.17, 15) is 4.79 Å². The Labute approximate surface area is 143 Å². The molecule has 0 bridgehead atoms. The van der Waals surface area contributed by atoms with E-state index >= 15 is 0 Å². The van der Waals surface area contributed by atoms with Gasteiger partial charge in [0.2, 0.25) is 0 Å². The zero-order valence-corrected chi connectivity index (χ0v) is 13.8. The Morgan fingerprint density at radius 2 is 1.67 bits per heavy atom. The van der Waals surface area contributed by atoms with Crippen LogP contribution in [0.15, 0.2) is 48.5 Å². The first-order valence-electron chi connectivity index (χ1n) is 7.13. The number of rotatable bonds is 4. The molecule has 0 aliphatic heterocycles. The predicted octanol–water partition coefficient (Wildman–Crippen LogP) is 3.46. The van der Waals surface area contributed by atoms with E-state index in [1.165, 1.54) is 0 Å². The number of methoxy groups -OCH3 is 1. The van der Waals surface area contributed by atoms with Gasteiger partial charge in [-0.2, -0.15) is 0 Å². The van der Waals surface area contributed by atoms with E-state index in [-0.39, 0.29) is 5.69 Å². The number of halogens is 1. The maximum atomic E-state index is 12.3. The normalized spacial score (nSPS) is 10.5. The molecule has 0 unspecified atom stereocenters. The van der Waals surface area contributed by atoms with Gasteiger partial charge in [0, 0.05) is 5.02 Å². The van der Waals surface area contributed by atoms with E-state index in [1.807, 2.05) is 24.3 Å². The minimum absolute atomic E-state index is 0.153. The first-order valence-corrected chi connectivity index (χ1v) is 7.51. The molecule has 0 aliphatic rings. The van der Waals surface area contributed by atoms with Crippen molar-refractivity contribution >= 4 is 17.6 Å². The summed E-state index contributed by atoms with van der Waals surface area (Å²) in [5.41, 5.74) is 1.51. The van der Waals surface area contributed by atoms with Crippen LogP contribution in [0, 0.1) is 6.92 Å². The molecule has 0 spiro atoms. The van der Waals surface area contributed by atoms with Crippen molar-refractivity contribution in [3.05, 3.63) is 64.9 Å². The summed E-state index contributed by atoms with van der Waals surface area (Å²) in [4.78, 5) is 12.3. The van der Waals surface area contributed by atoms with E-state index in [4.69, 9.17) is 21.1 Å². The van der Waals surface area contributed by atoms with Crippen LogP contribution in [0.3, 0.4) is 0 Å². The molecule has 1 aromatic heterocycles. The van der Waals surface area contributed by atoms with Gasteiger partial charge in [0.1, 0.15) is 11.5 Å². The van der Waals surface area contributed by atoms with Crippen LogP contribution < -0.4 is 9.47 Å². The highest BCUT2D eigenvalue weighted by atomic mass is 35.5. The van der Waals surface area contributed by atoms with Crippen molar-refractivity contribution in [3.8, 4) is 17.2 Å². The van der Waals surface area contributed by atoms with Gasteiger partial charge in [-0.1, -0.05) is 16.8 Å². The van der Waals surface area contributed by atoms with Gasteiger partial charge in [0.05, 0.1) is 18.5 Å². The molecule has 2 aromatic carbocycles. The van der Waals surface area contributed by atoms with Gasteiger partial charge >= 0.3 is 5.97 Å². The second-order valence-electron chi connectivity index (χ2n) is 4.98. The van der Waals surface area contributed by atoms with Gasteiger partial charge in [-0.15, -0.1) is 5.10 Å². The number of esters is 1. The number of carbonyl (C=O) groups is 1. The number of benzene rings is 2. The van der Waals surface area contributed by atoms with E-state index in [0.29, 0.717) is 16.5 Å². The summed E-state index contributed by atoms with van der Waals surface area (Å²) < 4.78 is 12.0. The van der Waals surface area contributed by atoms with Crippen molar-refractivity contribution in [2.45, 2.75) is 6.92 Å². The topological polar surface area (TPSA) is 66.2 Å². The lowest BCUT2D eigenvalue weighted by Crippen LogP contribution is -2.11. The third-order valence-corrected chi connectivity index (χ3v) is 3.68. The van der Waals surface area contributed by atoms with Gasteiger partial charge < -0.3 is 9.47 Å². The van der Waals surface area contributed by atoms with E-state index in [2.05, 4.69) is 10.3 Å². The quantitative estimate of drug-likeness (QED) is 0.536. The fraction of sp³-hybridized carbons (Fsp3) is 0.118. The van der Waals surface area contributed by atoms with Crippen LogP contribution >= 0.6 is 11.6 Å². The molecule has 122 valence electrons. The van der Waals surface area contributed by atoms with Crippen LogP contribution in [-0.4, -0.2) is 28.1 Å². The summed E-state index contributed by atoms with van der Waals surface area (Å²) in [6.07, 6.45) is 0. The van der Waals surface area contributed by atoms with Crippen molar-refractivity contribution in [1.82, 2.24) is 15.0 Å². The van der Waals surface area contributed by atoms with E-state index in [1.54, 1.807) is 43.0 Å². The lowest BCUT2D eigenvalue weighted by Gasteiger charge is -2.05. The van der Waals surface area contributed by atoms with Gasteiger partial charge in [-0.25, -0.2) is 9.48 Å². The van der Waals surface area contributed by atoms with Gasteiger partial charge in [0.25, 0.3) is 0 Å². The number of carbonyl (C=O) groups excluding carboxylic acids is 1. The fourth-order valence-corrected chi connectivity index (χ4v) is 2.27. The lowest BCUT2D eigenvalue weighted by molar-refractivity contribution is 0.0727. The lowest BCUT2D eigenvalue weighted by atomic mass is 10.3. The van der Waals surface area contributed by atoms with Crippen LogP contribution in [0.25, 0.3) is 5.69 Å². The molecule has 3 aromatic rings. The molecule has 0 fully saturated rings. The number of ether oxygens (including phenoxy) is 2. The standard InChI is InChI=1S/C17H14ClN3O3/c1-11-16(17(22)24-15-7-3-12(18)4-8-15)19-20-21(11)13-5-9-14(23-2)10-6-13/h3-10H,1-2H3. The number of aromatic nitrogens is 3. The average Bonchev–Trinajstić information content (AvgIpc) is 2.98. The summed E-state index contributed by atoms with van der Waals surface area (Å²) >= 11 is 5.81. The maximum absolute atomic E-state index is 12.3. The highest BCUT2D eigenvalue weighted by molar-refractivity contribution is 6.30. The molecule has 0 N–H and O–H groups in total. The molecule has 0 atom stereocenters. The van der Waals surface area contributed by atoms with Crippen molar-refractivity contribution in [2.75, 3.05) is 7.11 Å². The Morgan fingerprint density at radius 1 is 1.04 bits per heavy atom. The molecule has 0 amide bonds. The van der Waals surface area contributed by atoms with Crippen molar-refractivity contribution < 1.29 is 14.3 Å². The molecule has 6 nitrogen and oxygen atoms in total.